The molecule has 114 valence electrons. The lowest BCUT2D eigenvalue weighted by Gasteiger charge is -2.16. The van der Waals surface area contributed by atoms with Crippen molar-refractivity contribution in [2.24, 2.45) is 0 Å². The third kappa shape index (κ3) is 5.16. The van der Waals surface area contributed by atoms with Crippen LogP contribution < -0.4 is 11.2 Å². The maximum Gasteiger partial charge on any atom is 0.330 e. The van der Waals surface area contributed by atoms with Crippen molar-refractivity contribution in [3.63, 3.8) is 0 Å². The van der Waals surface area contributed by atoms with E-state index in [4.69, 9.17) is 9.05 Å². The van der Waals surface area contributed by atoms with Crippen molar-refractivity contribution in [3.8, 4) is 0 Å². The fourth-order valence-corrected chi connectivity index (χ4v) is 3.76. The van der Waals surface area contributed by atoms with Gasteiger partial charge in [0.25, 0.3) is 5.56 Å². The average molecular weight is 416 g/mol. The Hall–Kier alpha value is -0.440. The highest BCUT2D eigenvalue weighted by atomic mass is 127. The lowest BCUT2D eigenvalue weighted by molar-refractivity contribution is 0.219. The lowest BCUT2D eigenvalue weighted by atomic mass is 10.4. The number of nitrogens with zero attached hydrogens (tertiary/aromatic N) is 1. The molecule has 0 spiro atoms. The quantitative estimate of drug-likeness (QED) is 0.516. The molecule has 7 nitrogen and oxygen atoms in total. The summed E-state index contributed by atoms with van der Waals surface area (Å²) < 4.78 is 24.4. The molecule has 0 aliphatic heterocycles. The second kappa shape index (κ2) is 8.11. The number of aromatic nitrogens is 2. The molecule has 0 saturated carbocycles. The van der Waals surface area contributed by atoms with E-state index >= 15 is 0 Å². The number of aromatic amines is 1. The highest BCUT2D eigenvalue weighted by Crippen LogP contribution is 2.48. The standard InChI is InChI=1S/C11H18IN2O5P/c1-3-18-20(17,19-4-2)7-5-6-14-8-9(12)10(15)13-11(14)16/h8H,3-7H2,1-2H3,(H,13,15,16). The Balaban J connectivity index is 2.68. The predicted molar refractivity (Wildman–Crippen MR) is 84.4 cm³/mol. The van der Waals surface area contributed by atoms with Crippen LogP contribution in [0.5, 0.6) is 0 Å². The maximum atomic E-state index is 12.2. The molecular formula is C11H18IN2O5P. The van der Waals surface area contributed by atoms with Crippen LogP contribution in [0.2, 0.25) is 0 Å². The van der Waals surface area contributed by atoms with E-state index in [-0.39, 0.29) is 6.16 Å². The minimum atomic E-state index is -3.08. The van der Waals surface area contributed by atoms with Crippen LogP contribution in [0, 0.1) is 3.57 Å². The third-order valence-corrected chi connectivity index (χ3v) is 5.39. The van der Waals surface area contributed by atoms with Gasteiger partial charge in [-0.05, 0) is 42.9 Å². The van der Waals surface area contributed by atoms with Crippen molar-refractivity contribution in [1.29, 1.82) is 0 Å². The zero-order valence-corrected chi connectivity index (χ0v) is 14.5. The van der Waals surface area contributed by atoms with Crippen LogP contribution in [0.1, 0.15) is 20.3 Å². The summed E-state index contributed by atoms with van der Waals surface area (Å²) in [6.45, 7) is 4.47. The summed E-state index contributed by atoms with van der Waals surface area (Å²) in [5, 5.41) is 0. The number of hydrogen-bond donors (Lipinski definition) is 1. The molecule has 1 aromatic rings. The molecule has 0 bridgehead atoms. The van der Waals surface area contributed by atoms with Crippen LogP contribution in [0.4, 0.5) is 0 Å². The summed E-state index contributed by atoms with van der Waals surface area (Å²) in [4.78, 5) is 25.0. The Labute approximate surface area is 130 Å². The van der Waals surface area contributed by atoms with Crippen LogP contribution in [0.25, 0.3) is 0 Å². The van der Waals surface area contributed by atoms with Gasteiger partial charge in [0, 0.05) is 12.7 Å². The summed E-state index contributed by atoms with van der Waals surface area (Å²) in [6.07, 6.45) is 2.17. The Morgan fingerprint density at radius 3 is 2.45 bits per heavy atom. The summed E-state index contributed by atoms with van der Waals surface area (Å²) in [6, 6.07) is 0. The molecule has 1 heterocycles. The molecule has 9 heteroatoms. The highest BCUT2D eigenvalue weighted by Gasteiger charge is 2.22. The predicted octanol–water partition coefficient (Wildman–Crippen LogP) is 1.80. The van der Waals surface area contributed by atoms with E-state index in [1.165, 1.54) is 10.8 Å². The molecule has 0 fully saturated rings. The molecule has 0 atom stereocenters. The van der Waals surface area contributed by atoms with Crippen molar-refractivity contribution >= 4 is 30.2 Å². The Kier molecular flexibility index (Phi) is 7.14. The van der Waals surface area contributed by atoms with E-state index < -0.39 is 18.8 Å². The molecule has 20 heavy (non-hydrogen) atoms. The van der Waals surface area contributed by atoms with Gasteiger partial charge in [-0.1, -0.05) is 0 Å². The zero-order chi connectivity index (χ0) is 15.2. The molecule has 0 amide bonds. The molecule has 1 N–H and O–H groups in total. The van der Waals surface area contributed by atoms with Gasteiger partial charge in [-0.3, -0.25) is 18.9 Å². The molecular weight excluding hydrogens is 398 g/mol. The van der Waals surface area contributed by atoms with Gasteiger partial charge in [-0.2, -0.15) is 0 Å². The largest absolute Gasteiger partial charge is 0.330 e. The van der Waals surface area contributed by atoms with Crippen LogP contribution in [0.15, 0.2) is 15.8 Å². The fraction of sp³-hybridized carbons (Fsp3) is 0.636. The van der Waals surface area contributed by atoms with Crippen molar-refractivity contribution in [2.75, 3.05) is 19.4 Å². The second-order valence-electron chi connectivity index (χ2n) is 3.95. The number of H-pyrrole nitrogens is 1. The number of hydrogen-bond acceptors (Lipinski definition) is 5. The minimum Gasteiger partial charge on any atom is -0.309 e. The number of rotatable bonds is 8. The third-order valence-electron chi connectivity index (χ3n) is 2.45. The first-order valence-corrected chi connectivity index (χ1v) is 9.10. The van der Waals surface area contributed by atoms with Crippen LogP contribution in [0.3, 0.4) is 0 Å². The van der Waals surface area contributed by atoms with Crippen LogP contribution >= 0.6 is 30.2 Å². The first-order chi connectivity index (χ1) is 9.41. The molecule has 0 aliphatic rings. The van der Waals surface area contributed by atoms with E-state index in [0.717, 1.165) is 0 Å². The first-order valence-electron chi connectivity index (χ1n) is 6.29. The lowest BCUT2D eigenvalue weighted by Crippen LogP contribution is -2.31. The summed E-state index contributed by atoms with van der Waals surface area (Å²) in [5.41, 5.74) is -0.876. The van der Waals surface area contributed by atoms with E-state index in [9.17, 15) is 14.2 Å². The van der Waals surface area contributed by atoms with Crippen molar-refractivity contribution < 1.29 is 13.6 Å². The second-order valence-corrected chi connectivity index (χ2v) is 7.30. The zero-order valence-electron chi connectivity index (χ0n) is 11.4. The van der Waals surface area contributed by atoms with Crippen molar-refractivity contribution in [2.45, 2.75) is 26.8 Å². The van der Waals surface area contributed by atoms with E-state index in [1.54, 1.807) is 13.8 Å². The Bertz CT molecular complexity index is 587. The molecule has 1 aromatic heterocycles. The van der Waals surface area contributed by atoms with Gasteiger partial charge >= 0.3 is 13.3 Å². The fourth-order valence-electron chi connectivity index (χ4n) is 1.64. The van der Waals surface area contributed by atoms with Gasteiger partial charge in [0.05, 0.1) is 22.9 Å². The molecule has 0 radical (unpaired) electrons. The molecule has 0 aliphatic carbocycles. The summed E-state index contributed by atoms with van der Waals surface area (Å²) >= 11 is 1.85. The summed E-state index contributed by atoms with van der Waals surface area (Å²) in [5.74, 6) is 0. The maximum absolute atomic E-state index is 12.2. The van der Waals surface area contributed by atoms with E-state index in [1.807, 2.05) is 22.6 Å². The van der Waals surface area contributed by atoms with E-state index in [0.29, 0.717) is 29.7 Å². The average Bonchev–Trinajstić information content (AvgIpc) is 2.36. The molecule has 1 rings (SSSR count). The van der Waals surface area contributed by atoms with Gasteiger partial charge in [0.2, 0.25) is 0 Å². The number of halogens is 1. The number of aryl methyl sites for hydroxylation is 1. The van der Waals surface area contributed by atoms with Crippen molar-refractivity contribution in [1.82, 2.24) is 9.55 Å². The molecule has 0 saturated heterocycles. The smallest absolute Gasteiger partial charge is 0.309 e. The van der Waals surface area contributed by atoms with Crippen molar-refractivity contribution in [3.05, 3.63) is 30.6 Å². The molecule has 0 aromatic carbocycles. The normalized spacial score (nSPS) is 11.8. The molecule has 0 unspecified atom stereocenters. The Morgan fingerprint density at radius 2 is 1.90 bits per heavy atom. The van der Waals surface area contributed by atoms with Gasteiger partial charge < -0.3 is 9.05 Å². The summed E-state index contributed by atoms with van der Waals surface area (Å²) in [7, 11) is -3.08. The first kappa shape index (κ1) is 17.6. The van der Waals surface area contributed by atoms with E-state index in [2.05, 4.69) is 4.98 Å². The minimum absolute atomic E-state index is 0.233. The topological polar surface area (TPSA) is 90.4 Å². The monoisotopic (exact) mass is 416 g/mol. The Morgan fingerprint density at radius 1 is 1.30 bits per heavy atom. The highest BCUT2D eigenvalue weighted by molar-refractivity contribution is 14.1. The SMILES string of the molecule is CCOP(=O)(CCCn1cc(I)c(=O)[nH]c1=O)OCC. The van der Waals surface area contributed by atoms with Crippen LogP contribution in [-0.2, 0) is 20.2 Å². The van der Waals surface area contributed by atoms with Gasteiger partial charge in [-0.25, -0.2) is 4.79 Å². The van der Waals surface area contributed by atoms with Crippen LogP contribution in [-0.4, -0.2) is 28.9 Å². The van der Waals surface area contributed by atoms with Gasteiger partial charge in [0.1, 0.15) is 0 Å². The van der Waals surface area contributed by atoms with Gasteiger partial charge in [0.15, 0.2) is 0 Å². The van der Waals surface area contributed by atoms with Gasteiger partial charge in [-0.15, -0.1) is 0 Å². The number of nitrogens with one attached hydrogen (secondary N) is 1.